The Bertz CT molecular complexity index is 437. The lowest BCUT2D eigenvalue weighted by Gasteiger charge is -2.16. The van der Waals surface area contributed by atoms with E-state index in [9.17, 15) is 14.9 Å². The van der Waals surface area contributed by atoms with Crippen molar-refractivity contribution in [3.8, 4) is 0 Å². The smallest absolute Gasteiger partial charge is 0.412 e. The fourth-order valence-electron chi connectivity index (χ4n) is 1.17. The van der Waals surface area contributed by atoms with Gasteiger partial charge in [-0.05, 0) is 38.8 Å². The van der Waals surface area contributed by atoms with Crippen LogP contribution in [0.5, 0.6) is 0 Å². The number of halogens is 1. The molecular weight excluding hydrogens is 282 g/mol. The summed E-state index contributed by atoms with van der Waals surface area (Å²) in [6.45, 7) is 1.69. The van der Waals surface area contributed by atoms with Crippen molar-refractivity contribution in [2.24, 2.45) is 0 Å². The Morgan fingerprint density at radius 3 is 2.81 bits per heavy atom. The number of amides is 1. The van der Waals surface area contributed by atoms with Crippen LogP contribution in [-0.4, -0.2) is 27.7 Å². The molecule has 0 spiro atoms. The number of nitrogens with zero attached hydrogens (tertiary/aromatic N) is 3. The van der Waals surface area contributed by atoms with Crippen LogP contribution >= 0.6 is 15.9 Å². The van der Waals surface area contributed by atoms with Crippen molar-refractivity contribution in [1.29, 1.82) is 0 Å². The van der Waals surface area contributed by atoms with E-state index >= 15 is 0 Å². The van der Waals surface area contributed by atoms with Crippen LogP contribution in [0.15, 0.2) is 16.7 Å². The third kappa shape index (κ3) is 2.45. The van der Waals surface area contributed by atoms with Gasteiger partial charge in [0.25, 0.3) is 0 Å². The molecule has 0 fully saturated rings. The molecule has 1 heterocycles. The van der Waals surface area contributed by atoms with Crippen molar-refractivity contribution in [2.75, 3.05) is 11.4 Å². The zero-order chi connectivity index (χ0) is 12.3. The zero-order valence-corrected chi connectivity index (χ0v) is 9.84. The number of pyridine rings is 1. The van der Waals surface area contributed by atoms with Gasteiger partial charge in [-0.1, -0.05) is 0 Å². The number of aromatic nitrogens is 1. The van der Waals surface area contributed by atoms with E-state index in [0.29, 0.717) is 4.47 Å². The molecular formula is C8H8BrN3O4. The summed E-state index contributed by atoms with van der Waals surface area (Å²) in [6.07, 6.45) is -0.0115. The average Bonchev–Trinajstić information content (AvgIpc) is 2.17. The minimum absolute atomic E-state index is 0.0469. The van der Waals surface area contributed by atoms with E-state index in [1.807, 2.05) is 0 Å². The van der Waals surface area contributed by atoms with E-state index in [0.717, 1.165) is 4.90 Å². The van der Waals surface area contributed by atoms with E-state index in [1.54, 1.807) is 6.92 Å². The molecule has 16 heavy (non-hydrogen) atoms. The highest BCUT2D eigenvalue weighted by Gasteiger charge is 2.24. The molecule has 0 aromatic carbocycles. The van der Waals surface area contributed by atoms with Crippen molar-refractivity contribution >= 4 is 33.5 Å². The second-order valence-electron chi connectivity index (χ2n) is 2.78. The maximum atomic E-state index is 10.9. The standard InChI is InChI=1S/C8H8BrN3O4/c1-2-11(8(13)14)6-3-5(9)4-10-7(6)12(15)16/h3-4H,2H2,1H3,(H,13,14). The monoisotopic (exact) mass is 289 g/mol. The highest BCUT2D eigenvalue weighted by atomic mass is 79.9. The predicted octanol–water partition coefficient (Wildman–Crippen LogP) is 2.26. The van der Waals surface area contributed by atoms with Crippen LogP contribution in [0.3, 0.4) is 0 Å². The quantitative estimate of drug-likeness (QED) is 0.680. The molecule has 0 aliphatic carbocycles. The minimum atomic E-state index is -1.26. The summed E-state index contributed by atoms with van der Waals surface area (Å²) in [5, 5.41) is 19.6. The van der Waals surface area contributed by atoms with E-state index in [-0.39, 0.29) is 12.2 Å². The molecule has 0 bridgehead atoms. The van der Waals surface area contributed by atoms with Crippen LogP contribution < -0.4 is 4.90 Å². The summed E-state index contributed by atoms with van der Waals surface area (Å²) in [5.41, 5.74) is -0.0469. The SMILES string of the molecule is CCN(C(=O)O)c1cc(Br)cnc1[N+](=O)[O-]. The van der Waals surface area contributed by atoms with Gasteiger partial charge in [0.2, 0.25) is 0 Å². The summed E-state index contributed by atoms with van der Waals surface area (Å²) in [4.78, 5) is 25.3. The molecule has 0 saturated heterocycles. The first-order valence-corrected chi connectivity index (χ1v) is 5.07. The lowest BCUT2D eigenvalue weighted by atomic mass is 10.3. The normalized spacial score (nSPS) is 9.88. The van der Waals surface area contributed by atoms with Gasteiger partial charge in [-0.15, -0.1) is 0 Å². The molecule has 0 saturated carbocycles. The van der Waals surface area contributed by atoms with E-state index < -0.39 is 16.8 Å². The number of anilines is 1. The average molecular weight is 290 g/mol. The number of hydrogen-bond donors (Lipinski definition) is 1. The maximum absolute atomic E-state index is 10.9. The van der Waals surface area contributed by atoms with Gasteiger partial charge in [0, 0.05) is 6.54 Å². The topological polar surface area (TPSA) is 96.6 Å². The van der Waals surface area contributed by atoms with Crippen molar-refractivity contribution in [3.63, 3.8) is 0 Å². The second-order valence-corrected chi connectivity index (χ2v) is 3.70. The molecule has 86 valence electrons. The summed E-state index contributed by atoms with van der Waals surface area (Å²) < 4.78 is 0.479. The summed E-state index contributed by atoms with van der Waals surface area (Å²) >= 11 is 3.09. The molecule has 1 amide bonds. The van der Waals surface area contributed by atoms with Crippen LogP contribution in [-0.2, 0) is 0 Å². The Morgan fingerprint density at radius 1 is 1.75 bits per heavy atom. The number of nitro groups is 1. The van der Waals surface area contributed by atoms with Crippen LogP contribution in [0.25, 0.3) is 0 Å². The third-order valence-corrected chi connectivity index (χ3v) is 2.26. The van der Waals surface area contributed by atoms with Gasteiger partial charge in [0.15, 0.2) is 6.20 Å². The van der Waals surface area contributed by atoms with Gasteiger partial charge in [-0.2, -0.15) is 0 Å². The van der Waals surface area contributed by atoms with Crippen molar-refractivity contribution < 1.29 is 14.8 Å². The molecule has 0 radical (unpaired) electrons. The van der Waals surface area contributed by atoms with E-state index in [1.165, 1.54) is 12.3 Å². The Kier molecular flexibility index (Phi) is 3.78. The molecule has 7 nitrogen and oxygen atoms in total. The van der Waals surface area contributed by atoms with Crippen LogP contribution in [0.1, 0.15) is 6.92 Å². The first-order chi connectivity index (χ1) is 7.47. The molecule has 1 aromatic rings. The number of carbonyl (C=O) groups is 1. The summed E-state index contributed by atoms with van der Waals surface area (Å²) in [5.74, 6) is -0.479. The lowest BCUT2D eigenvalue weighted by Crippen LogP contribution is -2.29. The van der Waals surface area contributed by atoms with Gasteiger partial charge in [0.05, 0.1) is 4.47 Å². The molecule has 0 aliphatic heterocycles. The number of hydrogen-bond acceptors (Lipinski definition) is 4. The minimum Gasteiger partial charge on any atom is -0.465 e. The molecule has 8 heteroatoms. The lowest BCUT2D eigenvalue weighted by molar-refractivity contribution is -0.388. The largest absolute Gasteiger partial charge is 0.465 e. The number of rotatable bonds is 3. The Labute approximate surface area is 99.0 Å². The Balaban J connectivity index is 3.33. The van der Waals surface area contributed by atoms with Gasteiger partial charge >= 0.3 is 11.9 Å². The first-order valence-electron chi connectivity index (χ1n) is 4.27. The van der Waals surface area contributed by atoms with Crippen molar-refractivity contribution in [3.05, 3.63) is 26.9 Å². The van der Waals surface area contributed by atoms with Crippen molar-refractivity contribution in [1.82, 2.24) is 4.98 Å². The molecule has 0 aliphatic rings. The van der Waals surface area contributed by atoms with Crippen LogP contribution in [0, 0.1) is 10.1 Å². The van der Waals surface area contributed by atoms with Crippen molar-refractivity contribution in [2.45, 2.75) is 6.92 Å². The Morgan fingerprint density at radius 2 is 2.38 bits per heavy atom. The van der Waals surface area contributed by atoms with E-state index in [2.05, 4.69) is 20.9 Å². The highest BCUT2D eigenvalue weighted by Crippen LogP contribution is 2.28. The van der Waals surface area contributed by atoms with Crippen LogP contribution in [0.2, 0.25) is 0 Å². The molecule has 0 unspecified atom stereocenters. The molecule has 1 rings (SSSR count). The molecule has 1 N–H and O–H groups in total. The third-order valence-electron chi connectivity index (χ3n) is 1.82. The van der Waals surface area contributed by atoms with Crippen LogP contribution in [0.4, 0.5) is 16.3 Å². The second kappa shape index (κ2) is 4.88. The van der Waals surface area contributed by atoms with E-state index in [4.69, 9.17) is 5.11 Å². The fourth-order valence-corrected chi connectivity index (χ4v) is 1.49. The first kappa shape index (κ1) is 12.4. The van der Waals surface area contributed by atoms with Gasteiger partial charge in [-0.25, -0.2) is 4.79 Å². The Hall–Kier alpha value is -1.70. The zero-order valence-electron chi connectivity index (χ0n) is 8.25. The number of carboxylic acid groups (broad SMARTS) is 1. The predicted molar refractivity (Wildman–Crippen MR) is 59.6 cm³/mol. The summed E-state index contributed by atoms with van der Waals surface area (Å²) in [6, 6.07) is 1.35. The van der Waals surface area contributed by atoms with Gasteiger partial charge in [0.1, 0.15) is 5.69 Å². The van der Waals surface area contributed by atoms with Gasteiger partial charge < -0.3 is 15.2 Å². The maximum Gasteiger partial charge on any atom is 0.412 e. The van der Waals surface area contributed by atoms with Gasteiger partial charge in [-0.3, -0.25) is 4.90 Å². The molecule has 0 atom stereocenters. The summed E-state index contributed by atoms with van der Waals surface area (Å²) in [7, 11) is 0. The molecule has 1 aromatic heterocycles. The fraction of sp³-hybridized carbons (Fsp3) is 0.250. The highest BCUT2D eigenvalue weighted by molar-refractivity contribution is 9.10.